The van der Waals surface area contributed by atoms with E-state index in [9.17, 15) is 17.6 Å². The molecule has 0 heterocycles. The first-order valence-corrected chi connectivity index (χ1v) is 3.17. The molecule has 0 fully saturated rings. The second-order valence-corrected chi connectivity index (χ2v) is 2.07. The van der Waals surface area contributed by atoms with Gasteiger partial charge in [0.2, 0.25) is 0 Å². The Kier molecular flexibility index (Phi) is 2.90. The molecule has 0 aromatic carbocycles. The molecule has 0 aliphatic rings. The normalized spacial score (nSPS) is 16.1. The number of halogens is 5. The molecule has 50 valence electrons. The van der Waals surface area contributed by atoms with Crippen LogP contribution in [-0.2, 0) is 0 Å². The summed E-state index contributed by atoms with van der Waals surface area (Å²) in [4.78, 5) is 0. The van der Waals surface area contributed by atoms with Crippen LogP contribution in [0.15, 0.2) is 0 Å². The average molecular weight is 169 g/mol. The summed E-state index contributed by atoms with van der Waals surface area (Å²) in [7, 11) is 4.07. The summed E-state index contributed by atoms with van der Waals surface area (Å²) in [5.74, 6) is 0. The molecule has 0 aromatic heterocycles. The lowest BCUT2D eigenvalue weighted by Gasteiger charge is -2.05. The molecule has 0 nitrogen and oxygen atoms in total. The van der Waals surface area contributed by atoms with E-state index < -0.39 is 11.7 Å². The van der Waals surface area contributed by atoms with E-state index in [1.54, 1.807) is 0 Å². The molecule has 0 radical (unpaired) electrons. The van der Waals surface area contributed by atoms with Crippen molar-refractivity contribution in [1.82, 2.24) is 0 Å². The quantitative estimate of drug-likeness (QED) is 0.543. The number of rotatable bonds is 1. The number of hydrogen-bond acceptors (Lipinski definition) is 1. The zero-order valence-corrected chi connectivity index (χ0v) is 4.95. The zero-order chi connectivity index (χ0) is 6.78. The lowest BCUT2D eigenvalue weighted by Crippen LogP contribution is -2.19. The van der Waals surface area contributed by atoms with Crippen molar-refractivity contribution in [2.75, 3.05) is 0 Å². The maximum absolute atomic E-state index is 11.3. The molecule has 0 aromatic rings. The van der Waals surface area contributed by atoms with Gasteiger partial charge in [0, 0.05) is 0 Å². The van der Waals surface area contributed by atoms with E-state index in [1.807, 2.05) is 0 Å². The summed E-state index contributed by atoms with van der Waals surface area (Å²) < 4.78 is 44.3. The van der Waals surface area contributed by atoms with Crippen molar-refractivity contribution < 1.29 is 17.6 Å². The summed E-state index contributed by atoms with van der Waals surface area (Å²) in [5.41, 5.74) is -2.97. The van der Waals surface area contributed by atoms with E-state index in [4.69, 9.17) is 0 Å². The smallest absolute Gasteiger partial charge is 0.224 e. The second-order valence-electron chi connectivity index (χ2n) is 0.947. The Bertz CT molecular complexity index is 70.9. The monoisotopic (exact) mass is 168 g/mol. The van der Waals surface area contributed by atoms with Crippen molar-refractivity contribution in [1.29, 1.82) is 0 Å². The Morgan fingerprint density at radius 3 is 1.75 bits per heavy atom. The van der Waals surface area contributed by atoms with Gasteiger partial charge in [-0.1, -0.05) is 0 Å². The summed E-state index contributed by atoms with van der Waals surface area (Å²) >= 11 is 0. The van der Waals surface area contributed by atoms with E-state index in [0.29, 0.717) is 0 Å². The largest absolute Gasteiger partial charge is 0.430 e. The van der Waals surface area contributed by atoms with Gasteiger partial charge in [0.25, 0.3) is 5.50 Å². The topological polar surface area (TPSA) is 0 Å². The maximum atomic E-state index is 11.3. The van der Waals surface area contributed by atoms with Crippen LogP contribution in [0.1, 0.15) is 0 Å². The van der Waals surface area contributed by atoms with Gasteiger partial charge in [0.1, 0.15) is 0 Å². The fraction of sp³-hybridized carbons (Fsp3) is 1.00. The number of hydrogen-bond donors (Lipinski definition) is 0. The first-order valence-electron chi connectivity index (χ1n) is 1.46. The van der Waals surface area contributed by atoms with Crippen LogP contribution in [0.4, 0.5) is 17.6 Å². The van der Waals surface area contributed by atoms with Crippen LogP contribution in [0, 0.1) is 0 Å². The van der Waals surface area contributed by atoms with Crippen LogP contribution >= 0.6 is 21.7 Å². The van der Waals surface area contributed by atoms with Gasteiger partial charge in [-0.05, 0) is 21.7 Å². The molecule has 6 heteroatoms. The molecule has 0 rings (SSSR count). The van der Waals surface area contributed by atoms with Gasteiger partial charge in [0.15, 0.2) is 0 Å². The van der Waals surface area contributed by atoms with Crippen LogP contribution in [0.3, 0.4) is 0 Å². The highest BCUT2D eigenvalue weighted by Gasteiger charge is 2.40. The highest BCUT2D eigenvalue weighted by molar-refractivity contribution is 8.21. The van der Waals surface area contributed by atoms with Gasteiger partial charge in [-0.3, -0.25) is 0 Å². The molecule has 0 N–H and O–H groups in total. The van der Waals surface area contributed by atoms with Crippen molar-refractivity contribution in [3.05, 3.63) is 0 Å². The van der Waals surface area contributed by atoms with Crippen LogP contribution in [0.25, 0.3) is 0 Å². The van der Waals surface area contributed by atoms with Gasteiger partial charge >= 0.3 is 6.18 Å². The minimum absolute atomic E-state index is 0.388. The highest BCUT2D eigenvalue weighted by Crippen LogP contribution is 2.32. The van der Waals surface area contributed by atoms with Crippen LogP contribution in [0.5, 0.6) is 0 Å². The fourth-order valence-corrected chi connectivity index (χ4v) is 0.455. The van der Waals surface area contributed by atoms with Crippen molar-refractivity contribution >= 4 is 21.7 Å². The standard InChI is InChI=1S/C2HClF4S/c3-8-1(4)2(5,6)7/h1H. The van der Waals surface area contributed by atoms with Crippen LogP contribution in [0.2, 0.25) is 0 Å². The van der Waals surface area contributed by atoms with E-state index in [-0.39, 0.29) is 11.0 Å². The van der Waals surface area contributed by atoms with Crippen LogP contribution < -0.4 is 0 Å². The van der Waals surface area contributed by atoms with Gasteiger partial charge in [-0.15, -0.1) is 0 Å². The van der Waals surface area contributed by atoms with Gasteiger partial charge in [-0.25, -0.2) is 4.39 Å². The molecular weight excluding hydrogens is 168 g/mol. The Morgan fingerprint density at radius 1 is 1.38 bits per heavy atom. The predicted octanol–water partition coefficient (Wildman–Crippen LogP) is 2.73. The van der Waals surface area contributed by atoms with Crippen molar-refractivity contribution in [2.45, 2.75) is 11.7 Å². The molecule has 0 aliphatic heterocycles. The summed E-state index contributed by atoms with van der Waals surface area (Å²) in [6, 6.07) is 0. The van der Waals surface area contributed by atoms with Crippen LogP contribution in [-0.4, -0.2) is 11.7 Å². The molecule has 0 saturated heterocycles. The third kappa shape index (κ3) is 2.61. The lowest BCUT2D eigenvalue weighted by molar-refractivity contribution is -0.153. The molecule has 0 bridgehead atoms. The van der Waals surface area contributed by atoms with Crippen molar-refractivity contribution in [3.8, 4) is 0 Å². The third-order valence-electron chi connectivity index (χ3n) is 0.336. The lowest BCUT2D eigenvalue weighted by atomic mass is 10.7. The Balaban J connectivity index is 3.62. The molecule has 1 atom stereocenters. The first kappa shape index (κ1) is 8.36. The highest BCUT2D eigenvalue weighted by atomic mass is 35.7. The molecule has 0 saturated carbocycles. The van der Waals surface area contributed by atoms with E-state index >= 15 is 0 Å². The molecule has 0 aliphatic carbocycles. The Hall–Kier alpha value is 0.360. The molecule has 8 heavy (non-hydrogen) atoms. The van der Waals surface area contributed by atoms with E-state index in [1.165, 1.54) is 0 Å². The fourth-order valence-electron chi connectivity index (χ4n) is 0.0505. The molecule has 0 amide bonds. The van der Waals surface area contributed by atoms with E-state index in [0.717, 1.165) is 0 Å². The second kappa shape index (κ2) is 2.77. The number of alkyl halides is 4. The zero-order valence-electron chi connectivity index (χ0n) is 3.38. The van der Waals surface area contributed by atoms with Gasteiger partial charge in [-0.2, -0.15) is 13.2 Å². The minimum atomic E-state index is -4.83. The maximum Gasteiger partial charge on any atom is 0.430 e. The third-order valence-corrected chi connectivity index (χ3v) is 1.23. The Morgan fingerprint density at radius 2 is 1.75 bits per heavy atom. The minimum Gasteiger partial charge on any atom is -0.224 e. The summed E-state index contributed by atoms with van der Waals surface area (Å²) in [6.07, 6.45) is -4.83. The van der Waals surface area contributed by atoms with Crippen molar-refractivity contribution in [2.24, 2.45) is 0 Å². The summed E-state index contributed by atoms with van der Waals surface area (Å²) in [6.45, 7) is 0. The van der Waals surface area contributed by atoms with Gasteiger partial charge in [0.05, 0.1) is 0 Å². The summed E-state index contributed by atoms with van der Waals surface area (Å²) in [5, 5.41) is 0. The Labute approximate surface area is 51.7 Å². The molecular formula is C2HClF4S. The first-order chi connectivity index (χ1) is 3.48. The average Bonchev–Trinajstić information content (AvgIpc) is 1.62. The molecule has 0 spiro atoms. The van der Waals surface area contributed by atoms with Gasteiger partial charge < -0.3 is 0 Å². The molecule has 1 unspecified atom stereocenters. The van der Waals surface area contributed by atoms with E-state index in [2.05, 4.69) is 10.7 Å². The predicted molar refractivity (Wildman–Crippen MR) is 24.4 cm³/mol. The SMILES string of the molecule is FC(SCl)C(F)(F)F. The van der Waals surface area contributed by atoms with Crippen molar-refractivity contribution in [3.63, 3.8) is 0 Å².